The van der Waals surface area contributed by atoms with E-state index in [0.29, 0.717) is 0 Å². The largest absolute Gasteiger partial charge is 0.469 e. The zero-order valence-corrected chi connectivity index (χ0v) is 15.5. The van der Waals surface area contributed by atoms with E-state index in [4.69, 9.17) is 18.3 Å². The van der Waals surface area contributed by atoms with Crippen molar-refractivity contribution in [3.8, 4) is 12.1 Å². The second-order valence-electron chi connectivity index (χ2n) is 6.48. The van der Waals surface area contributed by atoms with E-state index in [-0.39, 0.29) is 11.5 Å². The van der Waals surface area contributed by atoms with Gasteiger partial charge in [0.15, 0.2) is 11.2 Å². The summed E-state index contributed by atoms with van der Waals surface area (Å²) in [5.41, 5.74) is -2.07. The zero-order valence-electron chi connectivity index (χ0n) is 15.5. The van der Waals surface area contributed by atoms with Crippen LogP contribution in [0.15, 0.2) is 45.6 Å². The fraction of sp³-hybridized carbons (Fsp3) is 0.350. The van der Waals surface area contributed by atoms with Crippen LogP contribution >= 0.6 is 0 Å². The molecule has 0 amide bonds. The van der Waals surface area contributed by atoms with Gasteiger partial charge in [0.2, 0.25) is 0 Å². The predicted molar refractivity (Wildman–Crippen MR) is 92.6 cm³/mol. The van der Waals surface area contributed by atoms with Crippen LogP contribution in [0.4, 0.5) is 0 Å². The normalized spacial score (nSPS) is 25.4. The van der Waals surface area contributed by atoms with Gasteiger partial charge in [-0.15, -0.1) is 0 Å². The highest BCUT2D eigenvalue weighted by Gasteiger charge is 2.67. The number of furan rings is 2. The Balaban J connectivity index is 2.36. The molecule has 0 saturated heterocycles. The average molecular weight is 396 g/mol. The topological polar surface area (TPSA) is 144 Å². The van der Waals surface area contributed by atoms with E-state index in [1.54, 1.807) is 0 Å². The van der Waals surface area contributed by atoms with Gasteiger partial charge in [-0.1, -0.05) is 0 Å². The molecule has 2 aromatic heterocycles. The zero-order chi connectivity index (χ0) is 21.2. The van der Waals surface area contributed by atoms with Gasteiger partial charge in [-0.3, -0.25) is 14.4 Å². The van der Waals surface area contributed by atoms with Crippen LogP contribution in [0.2, 0.25) is 0 Å². The molecule has 0 unspecified atom stereocenters. The lowest BCUT2D eigenvalue weighted by atomic mass is 9.52. The van der Waals surface area contributed by atoms with E-state index in [1.807, 2.05) is 12.1 Å². The molecule has 0 radical (unpaired) electrons. The number of methoxy groups -OCH3 is 2. The highest BCUT2D eigenvalue weighted by atomic mass is 16.5. The lowest BCUT2D eigenvalue weighted by Crippen LogP contribution is -2.55. The number of rotatable bonds is 4. The summed E-state index contributed by atoms with van der Waals surface area (Å²) in [5, 5.41) is 20.3. The van der Waals surface area contributed by atoms with Crippen molar-refractivity contribution in [3.63, 3.8) is 0 Å². The quantitative estimate of drug-likeness (QED) is 0.559. The lowest BCUT2D eigenvalue weighted by molar-refractivity contribution is -0.163. The van der Waals surface area contributed by atoms with E-state index in [9.17, 15) is 24.9 Å². The number of carbonyl (C=O) groups is 3. The Morgan fingerprint density at radius 1 is 0.931 bits per heavy atom. The molecule has 2 aromatic rings. The summed E-state index contributed by atoms with van der Waals surface area (Å²) in [6, 6.07) is 9.78. The Morgan fingerprint density at radius 3 is 1.62 bits per heavy atom. The number of nitrogens with zero attached hydrogens (tertiary/aromatic N) is 2. The first kappa shape index (κ1) is 19.9. The number of esters is 2. The summed E-state index contributed by atoms with van der Waals surface area (Å²) in [6.45, 7) is 0. The number of hydrogen-bond acceptors (Lipinski definition) is 9. The van der Waals surface area contributed by atoms with Gasteiger partial charge in [0.05, 0.1) is 50.7 Å². The fourth-order valence-electron chi connectivity index (χ4n) is 4.02. The maximum Gasteiger partial charge on any atom is 0.317 e. The Labute approximate surface area is 165 Å². The van der Waals surface area contributed by atoms with Crippen molar-refractivity contribution >= 4 is 17.7 Å². The predicted octanol–water partition coefficient (Wildman–Crippen LogP) is 1.93. The van der Waals surface area contributed by atoms with Crippen molar-refractivity contribution in [2.24, 2.45) is 17.3 Å². The van der Waals surface area contributed by atoms with Gasteiger partial charge in [-0.05, 0) is 24.3 Å². The van der Waals surface area contributed by atoms with Crippen LogP contribution in [0.3, 0.4) is 0 Å². The molecule has 9 heteroatoms. The Hall–Kier alpha value is -3.85. The van der Waals surface area contributed by atoms with Crippen LogP contribution in [0.5, 0.6) is 0 Å². The van der Waals surface area contributed by atoms with Gasteiger partial charge in [0, 0.05) is 0 Å². The molecule has 3 rings (SSSR count). The third-order valence-electron chi connectivity index (χ3n) is 5.24. The molecule has 1 aliphatic rings. The van der Waals surface area contributed by atoms with Crippen molar-refractivity contribution < 1.29 is 32.7 Å². The Bertz CT molecular complexity index is 915. The van der Waals surface area contributed by atoms with E-state index in [2.05, 4.69) is 0 Å². The first-order valence-electron chi connectivity index (χ1n) is 8.55. The third-order valence-corrected chi connectivity index (χ3v) is 5.24. The third kappa shape index (κ3) is 2.88. The molecular formula is C20H16N2O7. The Morgan fingerprint density at radius 2 is 1.34 bits per heavy atom. The minimum absolute atomic E-state index is 0.0664. The minimum atomic E-state index is -2.07. The number of nitriles is 2. The van der Waals surface area contributed by atoms with E-state index in [0.717, 1.165) is 14.2 Å². The number of Topliss-reactive ketones (excluding diaryl/α,β-unsaturated/α-hetero) is 1. The summed E-state index contributed by atoms with van der Waals surface area (Å²) < 4.78 is 20.3. The van der Waals surface area contributed by atoms with Gasteiger partial charge in [0.25, 0.3) is 0 Å². The highest BCUT2D eigenvalue weighted by molar-refractivity contribution is 6.11. The van der Waals surface area contributed by atoms with Crippen molar-refractivity contribution in [1.82, 2.24) is 0 Å². The summed E-state index contributed by atoms with van der Waals surface area (Å²) in [7, 11) is 2.14. The second kappa shape index (κ2) is 7.64. The SMILES string of the molecule is COC(=O)[C@@H]1C(=O)[C@@H](C(=O)OC)[C@H](c2ccco2)C(C#N)(C#N)[C@@H]1c1ccco1. The fourth-order valence-corrected chi connectivity index (χ4v) is 4.02. The van der Waals surface area contributed by atoms with Gasteiger partial charge in [-0.2, -0.15) is 10.5 Å². The minimum Gasteiger partial charge on any atom is -0.469 e. The molecule has 0 bridgehead atoms. The molecule has 0 aromatic carbocycles. The van der Waals surface area contributed by atoms with Gasteiger partial charge in [-0.25, -0.2) is 0 Å². The van der Waals surface area contributed by atoms with Crippen molar-refractivity contribution in [3.05, 3.63) is 48.3 Å². The standard InChI is InChI=1S/C20H16N2O7/c1-26-18(24)13-15(11-5-3-7-28-11)20(9-21,10-22)16(12-6-4-8-29-12)14(17(13)23)19(25)27-2/h3-8,13-16H,1-2H3/t13-,14-,15-,16+/m0/s1. The van der Waals surface area contributed by atoms with Crippen LogP contribution in [0, 0.1) is 39.9 Å². The molecule has 0 spiro atoms. The summed E-state index contributed by atoms with van der Waals surface area (Å²) >= 11 is 0. The first-order chi connectivity index (χ1) is 14.0. The molecule has 2 heterocycles. The van der Waals surface area contributed by atoms with E-state index >= 15 is 0 Å². The second-order valence-corrected chi connectivity index (χ2v) is 6.48. The molecule has 0 N–H and O–H groups in total. The summed E-state index contributed by atoms with van der Waals surface area (Å²) in [5.74, 6) is -8.59. The number of ether oxygens (including phenoxy) is 2. The van der Waals surface area contributed by atoms with Crippen LogP contribution < -0.4 is 0 Å². The van der Waals surface area contributed by atoms with Crippen molar-refractivity contribution in [2.75, 3.05) is 14.2 Å². The molecular weight excluding hydrogens is 380 g/mol. The van der Waals surface area contributed by atoms with Crippen LogP contribution in [-0.4, -0.2) is 31.9 Å². The number of hydrogen-bond donors (Lipinski definition) is 0. The Kier molecular flexibility index (Phi) is 5.24. The van der Waals surface area contributed by atoms with Gasteiger partial charge < -0.3 is 18.3 Å². The molecule has 1 aliphatic carbocycles. The van der Waals surface area contributed by atoms with E-state index < -0.39 is 46.8 Å². The maximum absolute atomic E-state index is 13.4. The molecule has 29 heavy (non-hydrogen) atoms. The van der Waals surface area contributed by atoms with Crippen molar-refractivity contribution in [2.45, 2.75) is 11.8 Å². The molecule has 1 saturated carbocycles. The van der Waals surface area contributed by atoms with Gasteiger partial charge >= 0.3 is 11.9 Å². The molecule has 0 aliphatic heterocycles. The van der Waals surface area contributed by atoms with Crippen LogP contribution in [0.1, 0.15) is 23.4 Å². The maximum atomic E-state index is 13.4. The average Bonchev–Trinajstić information content (AvgIpc) is 3.45. The monoisotopic (exact) mass is 396 g/mol. The van der Waals surface area contributed by atoms with Gasteiger partial charge in [0.1, 0.15) is 23.4 Å². The number of carbonyl (C=O) groups excluding carboxylic acids is 3. The first-order valence-corrected chi connectivity index (χ1v) is 8.55. The van der Waals surface area contributed by atoms with E-state index in [1.165, 1.54) is 36.8 Å². The summed E-state index contributed by atoms with van der Waals surface area (Å²) in [6.07, 6.45) is 2.59. The highest BCUT2D eigenvalue weighted by Crippen LogP contribution is 2.58. The molecule has 4 atom stereocenters. The van der Waals surface area contributed by atoms with Crippen LogP contribution in [0.25, 0.3) is 0 Å². The smallest absolute Gasteiger partial charge is 0.317 e. The molecule has 1 fully saturated rings. The molecule has 9 nitrogen and oxygen atoms in total. The lowest BCUT2D eigenvalue weighted by Gasteiger charge is -2.44. The van der Waals surface area contributed by atoms with Crippen molar-refractivity contribution in [1.29, 1.82) is 10.5 Å². The number of ketones is 1. The molecule has 148 valence electrons. The summed E-state index contributed by atoms with van der Waals surface area (Å²) in [4.78, 5) is 38.5. The van der Waals surface area contributed by atoms with Crippen LogP contribution in [-0.2, 0) is 23.9 Å².